The van der Waals surface area contributed by atoms with Gasteiger partial charge in [-0.3, -0.25) is 0 Å². The Morgan fingerprint density at radius 3 is 1.79 bits per heavy atom. The van der Waals surface area contributed by atoms with Crippen LogP contribution in [0.5, 0.6) is 0 Å². The Labute approximate surface area is 439 Å². The van der Waals surface area contributed by atoms with E-state index in [1.54, 1.807) is 10.8 Å². The molecule has 0 spiro atoms. The Balaban J connectivity index is 1.19. The summed E-state index contributed by atoms with van der Waals surface area (Å²) in [5.74, 6) is 0. The molecule has 4 unspecified atom stereocenters. The van der Waals surface area contributed by atoms with Gasteiger partial charge in [0.05, 0.1) is 24.8 Å². The smallest absolute Gasteiger partial charge is 0.252 e. The zero-order valence-corrected chi connectivity index (χ0v) is 46.9. The van der Waals surface area contributed by atoms with Crippen molar-refractivity contribution in [3.63, 3.8) is 0 Å². The quantitative estimate of drug-likeness (QED) is 0.159. The molecule has 370 valence electrons. The molecule has 3 nitrogen and oxygen atoms in total. The molecule has 7 aromatic rings. The average Bonchev–Trinajstić information content (AvgIpc) is 3.74. The summed E-state index contributed by atoms with van der Waals surface area (Å²) in [6.07, 6.45) is 9.60. The van der Waals surface area contributed by atoms with Gasteiger partial charge in [-0.1, -0.05) is 208 Å². The van der Waals surface area contributed by atoms with Crippen molar-refractivity contribution < 1.29 is 0 Å². The van der Waals surface area contributed by atoms with E-state index in [2.05, 4.69) is 242 Å². The van der Waals surface area contributed by atoms with Crippen molar-refractivity contribution in [3.8, 4) is 11.1 Å². The topological polar surface area (TPSA) is 9.72 Å². The SMILES string of the molecule is CC(C)(C)c1ccc2c(c1)B1c3cc([Si](C)(C)C)cc4c3N(c3cc(N5c6ccccc6C6(c7ccccc7)CCCCC56C)cc(c31)N2c1ccc(C(C)(C)C)cc1-c1ccccc1)C1(C)CCCCC41C. The van der Waals surface area contributed by atoms with E-state index in [9.17, 15) is 0 Å². The van der Waals surface area contributed by atoms with Crippen LogP contribution in [-0.4, -0.2) is 25.9 Å². The number of benzene rings is 7. The summed E-state index contributed by atoms with van der Waals surface area (Å²) in [4.78, 5) is 8.61. The first-order chi connectivity index (χ1) is 34.7. The van der Waals surface area contributed by atoms with Crippen LogP contribution in [0.15, 0.2) is 146 Å². The Bertz CT molecular complexity index is 3400. The van der Waals surface area contributed by atoms with Gasteiger partial charge in [-0.25, -0.2) is 0 Å². The van der Waals surface area contributed by atoms with Crippen molar-refractivity contribution in [2.24, 2.45) is 0 Å². The van der Waals surface area contributed by atoms with Gasteiger partial charge in [0.2, 0.25) is 0 Å². The Morgan fingerprint density at radius 2 is 1.10 bits per heavy atom. The van der Waals surface area contributed by atoms with Gasteiger partial charge in [-0.15, -0.1) is 0 Å². The lowest BCUT2D eigenvalue weighted by molar-refractivity contribution is 0.195. The van der Waals surface area contributed by atoms with E-state index < -0.39 is 8.07 Å². The van der Waals surface area contributed by atoms with E-state index in [0.29, 0.717) is 0 Å². The predicted octanol–water partition coefficient (Wildman–Crippen LogP) is 15.6. The Hall–Kier alpha value is -5.78. The van der Waals surface area contributed by atoms with E-state index in [-0.39, 0.29) is 39.5 Å². The van der Waals surface area contributed by atoms with E-state index in [1.165, 1.54) is 128 Å². The Kier molecular flexibility index (Phi) is 10.1. The highest BCUT2D eigenvalue weighted by atomic mass is 28.3. The molecular weight excluding hydrogens is 898 g/mol. The number of hydrogen-bond donors (Lipinski definition) is 0. The monoisotopic (exact) mass is 974 g/mol. The summed E-state index contributed by atoms with van der Waals surface area (Å²) in [6.45, 7) is 30.0. The van der Waals surface area contributed by atoms with E-state index in [0.717, 1.165) is 12.8 Å². The molecule has 73 heavy (non-hydrogen) atoms. The lowest BCUT2D eigenvalue weighted by atomic mass is 9.33. The van der Waals surface area contributed by atoms with Crippen LogP contribution in [0.2, 0.25) is 19.6 Å². The van der Waals surface area contributed by atoms with Gasteiger partial charge in [0, 0.05) is 50.5 Å². The molecular formula is C68H76BN3Si. The summed E-state index contributed by atoms with van der Waals surface area (Å²) in [7, 11) is -1.79. The maximum absolute atomic E-state index is 2.98. The number of rotatable bonds is 5. The largest absolute Gasteiger partial charge is 0.335 e. The third kappa shape index (κ3) is 6.36. The maximum atomic E-state index is 2.98. The molecule has 0 radical (unpaired) electrons. The molecule has 0 N–H and O–H groups in total. The highest BCUT2D eigenvalue weighted by molar-refractivity contribution is 7.01. The number of hydrogen-bond acceptors (Lipinski definition) is 3. The molecule has 13 rings (SSSR count). The zero-order chi connectivity index (χ0) is 50.8. The maximum Gasteiger partial charge on any atom is 0.252 e. The minimum Gasteiger partial charge on any atom is -0.335 e. The van der Waals surface area contributed by atoms with Crippen molar-refractivity contribution in [2.45, 2.75) is 166 Å². The third-order valence-corrected chi connectivity index (χ3v) is 22.0. The highest BCUT2D eigenvalue weighted by Crippen LogP contribution is 2.66. The zero-order valence-electron chi connectivity index (χ0n) is 45.9. The molecule has 7 aromatic carbocycles. The molecule has 0 saturated heterocycles. The fourth-order valence-electron chi connectivity index (χ4n) is 15.8. The van der Waals surface area contributed by atoms with Crippen LogP contribution >= 0.6 is 0 Å². The molecule has 2 aliphatic carbocycles. The molecule has 5 heteroatoms. The first kappa shape index (κ1) is 47.0. The lowest BCUT2D eigenvalue weighted by Gasteiger charge is -2.54. The second-order valence-electron chi connectivity index (χ2n) is 27.0. The molecule has 4 aliphatic heterocycles. The molecule has 0 aromatic heterocycles. The number of anilines is 7. The van der Waals surface area contributed by atoms with Crippen LogP contribution in [0.4, 0.5) is 39.8 Å². The molecule has 0 bridgehead atoms. The van der Waals surface area contributed by atoms with Gasteiger partial charge in [0.15, 0.2) is 0 Å². The minimum atomic E-state index is -1.79. The summed E-state index contributed by atoms with van der Waals surface area (Å²) < 4.78 is 0. The predicted molar refractivity (Wildman–Crippen MR) is 317 cm³/mol. The summed E-state index contributed by atoms with van der Waals surface area (Å²) >= 11 is 0. The normalized spacial score (nSPS) is 24.7. The second kappa shape index (κ2) is 15.6. The number of fused-ring (bicyclic) bond motifs is 10. The third-order valence-electron chi connectivity index (χ3n) is 19.9. The van der Waals surface area contributed by atoms with Crippen molar-refractivity contribution in [2.75, 3.05) is 14.7 Å². The van der Waals surface area contributed by atoms with E-state index >= 15 is 0 Å². The van der Waals surface area contributed by atoms with Crippen LogP contribution < -0.4 is 36.3 Å². The molecule has 4 atom stereocenters. The molecule has 4 heterocycles. The van der Waals surface area contributed by atoms with E-state index in [4.69, 9.17) is 0 Å². The molecule has 2 saturated carbocycles. The van der Waals surface area contributed by atoms with E-state index in [1.807, 2.05) is 0 Å². The summed E-state index contributed by atoms with van der Waals surface area (Å²) in [6, 6.07) is 58.3. The van der Waals surface area contributed by atoms with Crippen molar-refractivity contribution in [1.29, 1.82) is 0 Å². The highest BCUT2D eigenvalue weighted by Gasteiger charge is 2.64. The first-order valence-electron chi connectivity index (χ1n) is 28.0. The van der Waals surface area contributed by atoms with Crippen LogP contribution in [0, 0.1) is 0 Å². The first-order valence-corrected chi connectivity index (χ1v) is 31.5. The standard InChI is InChI=1S/C68H76BN3Si/c1-63(2,3)47-31-33-56(51(39-47)45-25-15-13-16-26-45)70-58-34-32-48(64(4,5)6)40-54(58)69-55-44-50(73(10,11)12)43-53-62(55)72(66(8)36-22-21-35-65(53,66)7)60-42-49(41-59(70)61(60)69)71-57-30-20-19-29-52(57)68(46-27-17-14-18-28-46)38-24-23-37-67(68,71)9/h13-20,25-34,39-44H,21-24,35-38H2,1-12H3. The Morgan fingerprint density at radius 1 is 0.493 bits per heavy atom. The van der Waals surface area contributed by atoms with Crippen LogP contribution in [-0.2, 0) is 21.7 Å². The molecule has 0 amide bonds. The fraction of sp³-hybridized carbons (Fsp3) is 0.382. The van der Waals surface area contributed by atoms with Gasteiger partial charge in [0.1, 0.15) is 0 Å². The van der Waals surface area contributed by atoms with Gasteiger partial charge in [-0.05, 0) is 137 Å². The van der Waals surface area contributed by atoms with Crippen LogP contribution in [0.1, 0.15) is 141 Å². The summed E-state index contributed by atoms with van der Waals surface area (Å²) in [5.41, 5.74) is 23.2. The average molecular weight is 974 g/mol. The van der Waals surface area contributed by atoms with Crippen molar-refractivity contribution in [3.05, 3.63) is 173 Å². The number of para-hydroxylation sites is 1. The number of nitrogens with zero attached hydrogens (tertiary/aromatic N) is 3. The van der Waals surface area contributed by atoms with Gasteiger partial charge in [0.25, 0.3) is 6.71 Å². The molecule has 6 aliphatic rings. The minimum absolute atomic E-state index is 0.00152. The lowest BCUT2D eigenvalue weighted by Crippen LogP contribution is -2.65. The van der Waals surface area contributed by atoms with Gasteiger partial charge in [-0.2, -0.15) is 0 Å². The van der Waals surface area contributed by atoms with Gasteiger partial charge < -0.3 is 14.7 Å². The summed E-state index contributed by atoms with van der Waals surface area (Å²) in [5, 5.41) is 1.59. The van der Waals surface area contributed by atoms with Crippen LogP contribution in [0.25, 0.3) is 11.1 Å². The fourth-order valence-corrected chi connectivity index (χ4v) is 17.0. The van der Waals surface area contributed by atoms with Crippen LogP contribution in [0.3, 0.4) is 0 Å². The molecule has 2 fully saturated rings. The van der Waals surface area contributed by atoms with Crippen molar-refractivity contribution >= 4 is 76.2 Å². The second-order valence-corrected chi connectivity index (χ2v) is 32.1. The van der Waals surface area contributed by atoms with Crippen molar-refractivity contribution in [1.82, 2.24) is 0 Å². The van der Waals surface area contributed by atoms with Gasteiger partial charge >= 0.3 is 0 Å².